The number of benzene rings is 1. The fraction of sp³-hybridized carbons (Fsp3) is 0.333. The molecule has 1 aromatic carbocycles. The maximum atomic E-state index is 11.0. The lowest BCUT2D eigenvalue weighted by Gasteiger charge is -2.12. The maximum absolute atomic E-state index is 11.0. The van der Waals surface area contributed by atoms with Crippen LogP contribution in [0.4, 0.5) is 0 Å². The number of ether oxygens (including phenoxy) is 3. The lowest BCUT2D eigenvalue weighted by atomic mass is 10.3. The van der Waals surface area contributed by atoms with Crippen LogP contribution < -0.4 is 14.2 Å². The molecule has 0 saturated heterocycles. The molecule has 15 heavy (non-hydrogen) atoms. The average molecular weight is 232 g/mol. The number of hydrogen-bond donors (Lipinski definition) is 1. The van der Waals surface area contributed by atoms with Gasteiger partial charge in [0.25, 0.3) is 0 Å². The van der Waals surface area contributed by atoms with Gasteiger partial charge in [0.05, 0.1) is 21.3 Å². The van der Waals surface area contributed by atoms with Crippen LogP contribution in [-0.4, -0.2) is 30.1 Å². The molecule has 0 aromatic heterocycles. The molecule has 0 aliphatic carbocycles. The molecule has 5 nitrogen and oxygen atoms in total. The zero-order valence-electron chi connectivity index (χ0n) is 8.64. The fourth-order valence-corrected chi connectivity index (χ4v) is 1.71. The summed E-state index contributed by atoms with van der Waals surface area (Å²) < 4.78 is 35.1. The number of rotatable bonds is 4. The van der Waals surface area contributed by atoms with Crippen LogP contribution in [0.3, 0.4) is 0 Å². The quantitative estimate of drug-likeness (QED) is 0.792. The molecule has 1 rings (SSSR count). The van der Waals surface area contributed by atoms with E-state index in [1.165, 1.54) is 27.4 Å². The highest BCUT2D eigenvalue weighted by molar-refractivity contribution is 7.79. The van der Waals surface area contributed by atoms with Gasteiger partial charge in [-0.25, -0.2) is 4.21 Å². The van der Waals surface area contributed by atoms with Crippen molar-refractivity contribution in [3.8, 4) is 17.2 Å². The van der Waals surface area contributed by atoms with E-state index < -0.39 is 11.1 Å². The standard InChI is InChI=1S/C9H12O5S/c1-12-6-4-7(13-2)9(14-3)8(5-6)15(10)11/h4-5H,1-3H3,(H,10,11). The summed E-state index contributed by atoms with van der Waals surface area (Å²) in [6, 6.07) is 3.01. The molecule has 1 unspecified atom stereocenters. The molecule has 0 aliphatic rings. The smallest absolute Gasteiger partial charge is 0.190 e. The van der Waals surface area contributed by atoms with Crippen LogP contribution in [0.2, 0.25) is 0 Å². The van der Waals surface area contributed by atoms with Gasteiger partial charge in [-0.15, -0.1) is 0 Å². The van der Waals surface area contributed by atoms with Crippen molar-refractivity contribution in [2.45, 2.75) is 4.90 Å². The van der Waals surface area contributed by atoms with E-state index in [0.29, 0.717) is 11.5 Å². The highest BCUT2D eigenvalue weighted by atomic mass is 32.2. The zero-order valence-corrected chi connectivity index (χ0v) is 9.46. The minimum Gasteiger partial charge on any atom is -0.497 e. The highest BCUT2D eigenvalue weighted by Crippen LogP contribution is 2.36. The highest BCUT2D eigenvalue weighted by Gasteiger charge is 2.16. The van der Waals surface area contributed by atoms with Crippen LogP contribution in [0, 0.1) is 0 Å². The minimum absolute atomic E-state index is 0.119. The first-order valence-electron chi connectivity index (χ1n) is 4.05. The summed E-state index contributed by atoms with van der Waals surface area (Å²) in [4.78, 5) is 0.119. The van der Waals surface area contributed by atoms with Gasteiger partial charge >= 0.3 is 0 Å². The molecule has 0 spiro atoms. The van der Waals surface area contributed by atoms with Crippen LogP contribution >= 0.6 is 0 Å². The monoisotopic (exact) mass is 232 g/mol. The molecular formula is C9H12O5S. The lowest BCUT2D eigenvalue weighted by Crippen LogP contribution is -1.99. The molecule has 1 N–H and O–H groups in total. The molecule has 0 fully saturated rings. The largest absolute Gasteiger partial charge is 0.497 e. The van der Waals surface area contributed by atoms with Crippen molar-refractivity contribution in [1.29, 1.82) is 0 Å². The molecule has 6 heteroatoms. The Bertz CT molecular complexity index is 377. The van der Waals surface area contributed by atoms with Gasteiger partial charge in [0.1, 0.15) is 10.6 Å². The van der Waals surface area contributed by atoms with Gasteiger partial charge in [0.15, 0.2) is 22.6 Å². The van der Waals surface area contributed by atoms with E-state index in [2.05, 4.69) is 0 Å². The first-order chi connectivity index (χ1) is 7.13. The maximum Gasteiger partial charge on any atom is 0.190 e. The van der Waals surface area contributed by atoms with Crippen molar-refractivity contribution in [3.05, 3.63) is 12.1 Å². The Morgan fingerprint density at radius 2 is 1.80 bits per heavy atom. The van der Waals surface area contributed by atoms with Crippen molar-refractivity contribution in [3.63, 3.8) is 0 Å². The van der Waals surface area contributed by atoms with Gasteiger partial charge in [-0.05, 0) is 0 Å². The van der Waals surface area contributed by atoms with Crippen LogP contribution in [0.1, 0.15) is 0 Å². The molecule has 1 aromatic rings. The summed E-state index contributed by atoms with van der Waals surface area (Å²) in [6.45, 7) is 0. The van der Waals surface area contributed by atoms with Gasteiger partial charge < -0.3 is 18.8 Å². The first kappa shape index (κ1) is 11.8. The van der Waals surface area contributed by atoms with Crippen molar-refractivity contribution >= 4 is 11.1 Å². The lowest BCUT2D eigenvalue weighted by molar-refractivity contribution is 0.340. The Hall–Kier alpha value is -1.27. The molecule has 0 aliphatic heterocycles. The van der Waals surface area contributed by atoms with Crippen molar-refractivity contribution in [1.82, 2.24) is 0 Å². The van der Waals surface area contributed by atoms with Crippen molar-refractivity contribution in [2.24, 2.45) is 0 Å². The Morgan fingerprint density at radius 1 is 1.13 bits per heavy atom. The van der Waals surface area contributed by atoms with Gasteiger partial charge in [-0.1, -0.05) is 0 Å². The Labute approximate surface area is 90.2 Å². The summed E-state index contributed by atoms with van der Waals surface area (Å²) in [5.74, 6) is 1.03. The van der Waals surface area contributed by atoms with Gasteiger partial charge in [-0.2, -0.15) is 0 Å². The summed E-state index contributed by atoms with van der Waals surface area (Å²) in [5.41, 5.74) is 0. The van der Waals surface area contributed by atoms with Crippen LogP contribution in [0.15, 0.2) is 17.0 Å². The van der Waals surface area contributed by atoms with Crippen molar-refractivity contribution in [2.75, 3.05) is 21.3 Å². The molecule has 1 atom stereocenters. The van der Waals surface area contributed by atoms with Crippen LogP contribution in [0.25, 0.3) is 0 Å². The minimum atomic E-state index is -2.15. The Kier molecular flexibility index (Phi) is 3.93. The van der Waals surface area contributed by atoms with E-state index in [1.54, 1.807) is 6.07 Å². The third-order valence-electron chi connectivity index (χ3n) is 1.84. The van der Waals surface area contributed by atoms with Gasteiger partial charge in [0, 0.05) is 12.1 Å². The first-order valence-corrected chi connectivity index (χ1v) is 5.15. The third-order valence-corrected chi connectivity index (χ3v) is 2.52. The zero-order chi connectivity index (χ0) is 11.4. The third kappa shape index (κ3) is 2.40. The molecule has 84 valence electrons. The van der Waals surface area contributed by atoms with E-state index in [0.717, 1.165) is 0 Å². The number of hydrogen-bond acceptors (Lipinski definition) is 4. The van der Waals surface area contributed by atoms with E-state index in [-0.39, 0.29) is 10.6 Å². The molecule has 0 heterocycles. The van der Waals surface area contributed by atoms with E-state index in [9.17, 15) is 4.21 Å². The molecule has 0 radical (unpaired) electrons. The second kappa shape index (κ2) is 4.99. The Balaban J connectivity index is 3.39. The van der Waals surface area contributed by atoms with Gasteiger partial charge in [-0.3, -0.25) is 0 Å². The average Bonchev–Trinajstić information content (AvgIpc) is 2.26. The second-order valence-electron chi connectivity index (χ2n) is 2.61. The Morgan fingerprint density at radius 3 is 2.20 bits per heavy atom. The summed E-state index contributed by atoms with van der Waals surface area (Å²) >= 11 is -2.15. The topological polar surface area (TPSA) is 65.0 Å². The summed E-state index contributed by atoms with van der Waals surface area (Å²) in [6.07, 6.45) is 0. The molecule has 0 saturated carbocycles. The van der Waals surface area contributed by atoms with Crippen molar-refractivity contribution < 1.29 is 23.0 Å². The normalized spacial score (nSPS) is 12.0. The van der Waals surface area contributed by atoms with Gasteiger partial charge in [0.2, 0.25) is 0 Å². The molecular weight excluding hydrogens is 220 g/mol. The fourth-order valence-electron chi connectivity index (χ4n) is 1.15. The predicted molar refractivity (Wildman–Crippen MR) is 55.1 cm³/mol. The van der Waals surface area contributed by atoms with Crippen LogP contribution in [0.5, 0.6) is 17.2 Å². The second-order valence-corrected chi connectivity index (χ2v) is 3.55. The van der Waals surface area contributed by atoms with E-state index >= 15 is 0 Å². The van der Waals surface area contributed by atoms with E-state index in [1.807, 2.05) is 0 Å². The summed E-state index contributed by atoms with van der Waals surface area (Å²) in [5, 5.41) is 0. The number of methoxy groups -OCH3 is 3. The summed E-state index contributed by atoms with van der Waals surface area (Å²) in [7, 11) is 4.31. The molecule has 0 bridgehead atoms. The molecule has 0 amide bonds. The van der Waals surface area contributed by atoms with E-state index in [4.69, 9.17) is 18.8 Å². The van der Waals surface area contributed by atoms with Crippen LogP contribution in [-0.2, 0) is 11.1 Å². The predicted octanol–water partition coefficient (Wildman–Crippen LogP) is 1.29. The SMILES string of the molecule is COc1cc(OC)c(OC)c(S(=O)O)c1.